The van der Waals surface area contributed by atoms with Crippen molar-refractivity contribution in [1.82, 2.24) is 5.32 Å². The molecule has 0 aromatic heterocycles. The van der Waals surface area contributed by atoms with Gasteiger partial charge in [-0.25, -0.2) is 13.2 Å². The molecule has 0 saturated heterocycles. The molecule has 0 spiro atoms. The number of benzene rings is 1. The average molecular weight is 217 g/mol. The summed E-state index contributed by atoms with van der Waals surface area (Å²) in [6, 6.07) is 6.24. The van der Waals surface area contributed by atoms with E-state index in [-0.39, 0.29) is 11.6 Å². The van der Waals surface area contributed by atoms with Crippen LogP contribution in [0.3, 0.4) is 0 Å². The first-order valence-electron chi connectivity index (χ1n) is 4.75. The molecular weight excluding hydrogens is 203 g/mol. The van der Waals surface area contributed by atoms with Crippen LogP contribution in [0.5, 0.6) is 0 Å². The zero-order valence-corrected chi connectivity index (χ0v) is 8.68. The Morgan fingerprint density at radius 3 is 2.27 bits per heavy atom. The largest absolute Gasteiger partial charge is 0.313 e. The Labute approximate surface area is 87.3 Å². The van der Waals surface area contributed by atoms with Gasteiger partial charge >= 0.3 is 0 Å². The van der Waals surface area contributed by atoms with Crippen molar-refractivity contribution in [1.29, 1.82) is 0 Å². The second kappa shape index (κ2) is 5.16. The first kappa shape index (κ1) is 12.0. The summed E-state index contributed by atoms with van der Waals surface area (Å²) in [5.74, 6) is 0. The van der Waals surface area contributed by atoms with Crippen molar-refractivity contribution in [2.75, 3.05) is 7.05 Å². The van der Waals surface area contributed by atoms with Crippen LogP contribution < -0.4 is 5.32 Å². The van der Waals surface area contributed by atoms with Gasteiger partial charge in [0.15, 0.2) is 6.17 Å². The molecule has 0 fully saturated rings. The number of nitrogens with one attached hydrogen (secondary N) is 1. The van der Waals surface area contributed by atoms with Crippen LogP contribution in [0.15, 0.2) is 24.3 Å². The van der Waals surface area contributed by atoms with E-state index in [1.165, 1.54) is 12.1 Å². The van der Waals surface area contributed by atoms with E-state index in [0.29, 0.717) is 0 Å². The summed E-state index contributed by atoms with van der Waals surface area (Å²) in [5.41, 5.74) is 0.836. The van der Waals surface area contributed by atoms with E-state index in [1.54, 1.807) is 19.2 Å². The second-order valence-corrected chi connectivity index (χ2v) is 3.42. The molecule has 2 atom stereocenters. The molecule has 0 bridgehead atoms. The summed E-state index contributed by atoms with van der Waals surface area (Å²) in [4.78, 5) is 0. The van der Waals surface area contributed by atoms with Gasteiger partial charge in [0.1, 0.15) is 0 Å². The predicted molar refractivity (Wildman–Crippen MR) is 53.8 cm³/mol. The summed E-state index contributed by atoms with van der Waals surface area (Å²) in [5, 5.41) is 2.97. The average Bonchev–Trinajstić information content (AvgIpc) is 2.27. The highest BCUT2D eigenvalue weighted by Crippen LogP contribution is 2.26. The first-order valence-corrected chi connectivity index (χ1v) is 4.75. The lowest BCUT2D eigenvalue weighted by molar-refractivity contribution is 0.0495. The standard InChI is InChI=1S/C11H14F3N/c1-7(15-2)8-4-3-5-9(6-8)10(12)11(13)14/h3-7,10-11,15H,1-2H3. The highest BCUT2D eigenvalue weighted by molar-refractivity contribution is 5.27. The van der Waals surface area contributed by atoms with Crippen molar-refractivity contribution < 1.29 is 13.2 Å². The van der Waals surface area contributed by atoms with E-state index >= 15 is 0 Å². The Balaban J connectivity index is 2.92. The summed E-state index contributed by atoms with van der Waals surface area (Å²) in [7, 11) is 1.76. The minimum Gasteiger partial charge on any atom is -0.313 e. The molecule has 1 nitrogen and oxygen atoms in total. The minimum atomic E-state index is -2.97. The van der Waals surface area contributed by atoms with Crippen LogP contribution in [0.25, 0.3) is 0 Å². The van der Waals surface area contributed by atoms with Gasteiger partial charge in [-0.3, -0.25) is 0 Å². The third-order valence-electron chi connectivity index (χ3n) is 2.38. The van der Waals surface area contributed by atoms with E-state index in [9.17, 15) is 13.2 Å². The monoisotopic (exact) mass is 217 g/mol. The molecule has 0 radical (unpaired) electrons. The fraction of sp³-hybridized carbons (Fsp3) is 0.455. The molecule has 15 heavy (non-hydrogen) atoms. The number of alkyl halides is 3. The predicted octanol–water partition coefficient (Wildman–Crippen LogP) is 3.24. The fourth-order valence-corrected chi connectivity index (χ4v) is 1.31. The fourth-order valence-electron chi connectivity index (χ4n) is 1.31. The smallest absolute Gasteiger partial charge is 0.273 e. The van der Waals surface area contributed by atoms with Gasteiger partial charge in [-0.2, -0.15) is 0 Å². The number of halogens is 3. The zero-order valence-electron chi connectivity index (χ0n) is 8.68. The van der Waals surface area contributed by atoms with E-state index < -0.39 is 12.6 Å². The molecule has 0 saturated carbocycles. The van der Waals surface area contributed by atoms with Gasteiger partial charge < -0.3 is 5.32 Å². The van der Waals surface area contributed by atoms with Crippen molar-refractivity contribution in [2.45, 2.75) is 25.6 Å². The Hall–Kier alpha value is -1.03. The van der Waals surface area contributed by atoms with Crippen LogP contribution in [0, 0.1) is 0 Å². The van der Waals surface area contributed by atoms with Crippen molar-refractivity contribution in [3.05, 3.63) is 35.4 Å². The number of hydrogen-bond donors (Lipinski definition) is 1. The quantitative estimate of drug-likeness (QED) is 0.816. The van der Waals surface area contributed by atoms with Crippen LogP contribution in [0.4, 0.5) is 13.2 Å². The van der Waals surface area contributed by atoms with Crippen molar-refractivity contribution in [2.24, 2.45) is 0 Å². The molecule has 1 aromatic rings. The lowest BCUT2D eigenvalue weighted by atomic mass is 10.0. The molecular formula is C11H14F3N. The Bertz CT molecular complexity index is 314. The topological polar surface area (TPSA) is 12.0 Å². The minimum absolute atomic E-state index is 0.0230. The van der Waals surface area contributed by atoms with E-state index in [4.69, 9.17) is 0 Å². The Kier molecular flexibility index (Phi) is 4.15. The van der Waals surface area contributed by atoms with Crippen LogP contribution >= 0.6 is 0 Å². The van der Waals surface area contributed by atoms with E-state index in [1.807, 2.05) is 6.92 Å². The molecule has 0 amide bonds. The van der Waals surface area contributed by atoms with Gasteiger partial charge in [0, 0.05) is 6.04 Å². The Morgan fingerprint density at radius 1 is 1.13 bits per heavy atom. The third kappa shape index (κ3) is 2.96. The highest BCUT2D eigenvalue weighted by atomic mass is 19.3. The van der Waals surface area contributed by atoms with Gasteiger partial charge in [0.25, 0.3) is 6.43 Å². The van der Waals surface area contributed by atoms with Crippen molar-refractivity contribution >= 4 is 0 Å². The molecule has 4 heteroatoms. The van der Waals surface area contributed by atoms with Gasteiger partial charge in [-0.05, 0) is 25.1 Å². The van der Waals surface area contributed by atoms with Crippen molar-refractivity contribution in [3.8, 4) is 0 Å². The van der Waals surface area contributed by atoms with E-state index in [2.05, 4.69) is 5.32 Å². The van der Waals surface area contributed by atoms with Gasteiger partial charge in [0.2, 0.25) is 0 Å². The molecule has 1 N–H and O–H groups in total. The molecule has 0 aliphatic rings. The molecule has 0 aliphatic heterocycles. The van der Waals surface area contributed by atoms with Crippen molar-refractivity contribution in [3.63, 3.8) is 0 Å². The van der Waals surface area contributed by atoms with Gasteiger partial charge in [-0.1, -0.05) is 24.3 Å². The summed E-state index contributed by atoms with van der Waals surface area (Å²) in [6.07, 6.45) is -5.17. The summed E-state index contributed by atoms with van der Waals surface area (Å²) >= 11 is 0. The number of rotatable bonds is 4. The normalized spacial score (nSPS) is 15.3. The van der Waals surface area contributed by atoms with Crippen LogP contribution in [-0.4, -0.2) is 13.5 Å². The van der Waals surface area contributed by atoms with Crippen LogP contribution in [0.2, 0.25) is 0 Å². The lowest BCUT2D eigenvalue weighted by Crippen LogP contribution is -2.13. The van der Waals surface area contributed by atoms with Gasteiger partial charge in [-0.15, -0.1) is 0 Å². The Morgan fingerprint density at radius 2 is 1.73 bits per heavy atom. The number of hydrogen-bond acceptors (Lipinski definition) is 1. The molecule has 0 heterocycles. The summed E-state index contributed by atoms with van der Waals surface area (Å²) < 4.78 is 37.3. The molecule has 2 unspecified atom stereocenters. The van der Waals surface area contributed by atoms with Crippen LogP contribution in [-0.2, 0) is 0 Å². The molecule has 0 aliphatic carbocycles. The van der Waals surface area contributed by atoms with E-state index in [0.717, 1.165) is 5.56 Å². The van der Waals surface area contributed by atoms with Crippen LogP contribution in [0.1, 0.15) is 30.3 Å². The maximum atomic E-state index is 13.0. The summed E-state index contributed by atoms with van der Waals surface area (Å²) in [6.45, 7) is 1.88. The maximum absolute atomic E-state index is 13.0. The molecule has 1 rings (SSSR count). The zero-order chi connectivity index (χ0) is 11.4. The second-order valence-electron chi connectivity index (χ2n) is 3.42. The first-order chi connectivity index (χ1) is 7.06. The molecule has 84 valence electrons. The lowest BCUT2D eigenvalue weighted by Gasteiger charge is -2.13. The maximum Gasteiger partial charge on any atom is 0.273 e. The highest BCUT2D eigenvalue weighted by Gasteiger charge is 2.21. The molecule has 1 aromatic carbocycles. The van der Waals surface area contributed by atoms with Gasteiger partial charge in [0.05, 0.1) is 0 Å². The SMILES string of the molecule is CNC(C)c1cccc(C(F)C(F)F)c1. The third-order valence-corrected chi connectivity index (χ3v) is 2.38.